The van der Waals surface area contributed by atoms with E-state index in [-0.39, 0.29) is 6.10 Å². The van der Waals surface area contributed by atoms with Crippen molar-refractivity contribution < 1.29 is 4.74 Å². The van der Waals surface area contributed by atoms with Crippen molar-refractivity contribution in [1.82, 2.24) is 20.1 Å². The molecular formula is C15H22N4OS. The lowest BCUT2D eigenvalue weighted by Crippen LogP contribution is -2.24. The molecule has 2 atom stereocenters. The van der Waals surface area contributed by atoms with Gasteiger partial charge in [-0.05, 0) is 20.3 Å². The zero-order valence-corrected chi connectivity index (χ0v) is 13.6. The molecule has 1 aliphatic rings. The molecule has 0 amide bonds. The third-order valence-electron chi connectivity index (χ3n) is 3.96. The predicted octanol–water partition coefficient (Wildman–Crippen LogP) is 2.36. The van der Waals surface area contributed by atoms with E-state index in [2.05, 4.69) is 35.4 Å². The SMILES string of the molecule is Cc1nc(C)c(CNC[C@@H]2CCO[C@H]2c2cnn(C)c2)s1. The molecule has 1 fully saturated rings. The highest BCUT2D eigenvalue weighted by molar-refractivity contribution is 7.11. The van der Waals surface area contributed by atoms with Crippen LogP contribution in [0.3, 0.4) is 0 Å². The number of hydrogen-bond acceptors (Lipinski definition) is 5. The average molecular weight is 306 g/mol. The highest BCUT2D eigenvalue weighted by Gasteiger charge is 2.30. The Kier molecular flexibility index (Phi) is 4.37. The third kappa shape index (κ3) is 3.33. The number of rotatable bonds is 5. The molecule has 1 N–H and O–H groups in total. The summed E-state index contributed by atoms with van der Waals surface area (Å²) in [4.78, 5) is 5.81. The van der Waals surface area contributed by atoms with Crippen molar-refractivity contribution in [1.29, 1.82) is 0 Å². The smallest absolute Gasteiger partial charge is 0.0900 e. The topological polar surface area (TPSA) is 52.0 Å². The summed E-state index contributed by atoms with van der Waals surface area (Å²) in [5.41, 5.74) is 2.34. The van der Waals surface area contributed by atoms with Crippen molar-refractivity contribution >= 4 is 11.3 Å². The van der Waals surface area contributed by atoms with E-state index < -0.39 is 0 Å². The van der Waals surface area contributed by atoms with E-state index in [1.807, 2.05) is 17.9 Å². The summed E-state index contributed by atoms with van der Waals surface area (Å²) in [5.74, 6) is 0.517. The number of hydrogen-bond donors (Lipinski definition) is 1. The molecule has 0 bridgehead atoms. The Labute approximate surface area is 129 Å². The fourth-order valence-electron chi connectivity index (χ4n) is 2.91. The Bertz CT molecular complexity index is 607. The molecule has 114 valence electrons. The lowest BCUT2D eigenvalue weighted by Gasteiger charge is -2.17. The normalized spacial score (nSPS) is 22.0. The molecule has 2 aromatic heterocycles. The van der Waals surface area contributed by atoms with E-state index in [0.29, 0.717) is 5.92 Å². The highest BCUT2D eigenvalue weighted by atomic mass is 32.1. The summed E-state index contributed by atoms with van der Waals surface area (Å²) in [6.07, 6.45) is 5.25. The van der Waals surface area contributed by atoms with E-state index in [1.165, 1.54) is 10.4 Å². The van der Waals surface area contributed by atoms with Gasteiger partial charge < -0.3 is 10.1 Å². The van der Waals surface area contributed by atoms with Gasteiger partial charge in [-0.3, -0.25) is 4.68 Å². The molecule has 2 aromatic rings. The molecule has 1 saturated heterocycles. The summed E-state index contributed by atoms with van der Waals surface area (Å²) >= 11 is 1.78. The second kappa shape index (κ2) is 6.25. The van der Waals surface area contributed by atoms with Crippen molar-refractivity contribution in [2.24, 2.45) is 13.0 Å². The summed E-state index contributed by atoms with van der Waals surface area (Å²) in [7, 11) is 1.95. The Hall–Kier alpha value is -1.24. The molecule has 6 heteroatoms. The lowest BCUT2D eigenvalue weighted by molar-refractivity contribution is 0.0904. The van der Waals surface area contributed by atoms with Crippen LogP contribution in [0.5, 0.6) is 0 Å². The second-order valence-corrected chi connectivity index (χ2v) is 6.95. The van der Waals surface area contributed by atoms with Gasteiger partial charge in [0, 0.05) is 49.3 Å². The third-order valence-corrected chi connectivity index (χ3v) is 5.03. The molecule has 3 rings (SSSR count). The maximum Gasteiger partial charge on any atom is 0.0900 e. The first-order valence-electron chi connectivity index (χ1n) is 7.37. The number of aryl methyl sites for hydroxylation is 3. The molecule has 0 radical (unpaired) electrons. The van der Waals surface area contributed by atoms with Crippen LogP contribution < -0.4 is 5.32 Å². The highest BCUT2D eigenvalue weighted by Crippen LogP contribution is 2.33. The van der Waals surface area contributed by atoms with Crippen LogP contribution in [0.1, 0.15) is 33.7 Å². The van der Waals surface area contributed by atoms with Crippen LogP contribution in [0, 0.1) is 19.8 Å². The standard InChI is InChI=1S/C15H22N4OS/c1-10-14(21-11(2)18-10)8-16-6-12-4-5-20-15(12)13-7-17-19(3)9-13/h7,9,12,15-16H,4-6,8H2,1-3H3/t12-,15+/m0/s1. The van der Waals surface area contributed by atoms with Crippen LogP contribution in [0.4, 0.5) is 0 Å². The van der Waals surface area contributed by atoms with E-state index in [9.17, 15) is 0 Å². The summed E-state index contributed by atoms with van der Waals surface area (Å²) in [5, 5.41) is 8.96. The van der Waals surface area contributed by atoms with Gasteiger partial charge in [0.2, 0.25) is 0 Å². The predicted molar refractivity (Wildman–Crippen MR) is 83.3 cm³/mol. The molecule has 5 nitrogen and oxygen atoms in total. The van der Waals surface area contributed by atoms with E-state index in [1.54, 1.807) is 11.3 Å². The van der Waals surface area contributed by atoms with Crippen LogP contribution >= 0.6 is 11.3 Å². The van der Waals surface area contributed by atoms with Crippen LogP contribution in [0.25, 0.3) is 0 Å². The van der Waals surface area contributed by atoms with Gasteiger partial charge in [-0.1, -0.05) is 0 Å². The molecule has 1 aliphatic heterocycles. The van der Waals surface area contributed by atoms with Gasteiger partial charge in [0.15, 0.2) is 0 Å². The van der Waals surface area contributed by atoms with Crippen LogP contribution in [0.15, 0.2) is 12.4 Å². The Balaban J connectivity index is 1.56. The minimum Gasteiger partial charge on any atom is -0.373 e. The molecule has 0 aliphatic carbocycles. The van der Waals surface area contributed by atoms with Gasteiger partial charge in [0.05, 0.1) is 23.0 Å². The second-order valence-electron chi connectivity index (χ2n) is 5.66. The number of nitrogens with one attached hydrogen (secondary N) is 1. The van der Waals surface area contributed by atoms with Crippen molar-refractivity contribution in [2.45, 2.75) is 32.9 Å². The first-order chi connectivity index (χ1) is 10.1. The van der Waals surface area contributed by atoms with Crippen molar-refractivity contribution in [3.8, 4) is 0 Å². The van der Waals surface area contributed by atoms with Gasteiger partial charge in [0.25, 0.3) is 0 Å². The lowest BCUT2D eigenvalue weighted by atomic mass is 9.97. The summed E-state index contributed by atoms with van der Waals surface area (Å²) in [6, 6.07) is 0. The molecule has 21 heavy (non-hydrogen) atoms. The maximum absolute atomic E-state index is 5.89. The van der Waals surface area contributed by atoms with E-state index in [0.717, 1.165) is 36.8 Å². The van der Waals surface area contributed by atoms with Crippen molar-refractivity contribution in [2.75, 3.05) is 13.2 Å². The molecular weight excluding hydrogens is 284 g/mol. The molecule has 0 spiro atoms. The Morgan fingerprint density at radius 1 is 1.48 bits per heavy atom. The molecule has 0 aromatic carbocycles. The van der Waals surface area contributed by atoms with Gasteiger partial charge in [-0.2, -0.15) is 5.10 Å². The van der Waals surface area contributed by atoms with Crippen molar-refractivity contribution in [3.05, 3.63) is 33.5 Å². The van der Waals surface area contributed by atoms with Crippen molar-refractivity contribution in [3.63, 3.8) is 0 Å². The zero-order valence-electron chi connectivity index (χ0n) is 12.8. The average Bonchev–Trinajstić information content (AvgIpc) is 3.11. The summed E-state index contributed by atoms with van der Waals surface area (Å²) in [6.45, 7) is 6.84. The number of aromatic nitrogens is 3. The molecule has 3 heterocycles. The largest absolute Gasteiger partial charge is 0.373 e. The van der Waals surface area contributed by atoms with E-state index in [4.69, 9.17) is 4.74 Å². The molecule has 0 unspecified atom stereocenters. The Morgan fingerprint density at radius 3 is 3.00 bits per heavy atom. The number of ether oxygens (including phenoxy) is 1. The monoisotopic (exact) mass is 306 g/mol. The molecule has 0 saturated carbocycles. The fraction of sp³-hybridized carbons (Fsp3) is 0.600. The zero-order chi connectivity index (χ0) is 14.8. The minimum atomic E-state index is 0.176. The maximum atomic E-state index is 5.89. The minimum absolute atomic E-state index is 0.176. The number of nitrogens with zero attached hydrogens (tertiary/aromatic N) is 3. The first kappa shape index (κ1) is 14.7. The van der Waals surface area contributed by atoms with Gasteiger partial charge >= 0.3 is 0 Å². The van der Waals surface area contributed by atoms with Crippen LogP contribution in [0.2, 0.25) is 0 Å². The summed E-state index contributed by atoms with van der Waals surface area (Å²) < 4.78 is 7.73. The number of thiazole rings is 1. The fourth-order valence-corrected chi connectivity index (χ4v) is 3.81. The Morgan fingerprint density at radius 2 is 2.33 bits per heavy atom. The van der Waals surface area contributed by atoms with E-state index >= 15 is 0 Å². The van der Waals surface area contributed by atoms with Gasteiger partial charge in [-0.15, -0.1) is 11.3 Å². The van der Waals surface area contributed by atoms with Crippen LogP contribution in [-0.2, 0) is 18.3 Å². The van der Waals surface area contributed by atoms with Gasteiger partial charge in [0.1, 0.15) is 0 Å². The first-order valence-corrected chi connectivity index (χ1v) is 8.19. The van der Waals surface area contributed by atoms with Gasteiger partial charge in [-0.25, -0.2) is 4.98 Å². The van der Waals surface area contributed by atoms with Crippen LogP contribution in [-0.4, -0.2) is 27.9 Å². The quantitative estimate of drug-likeness (QED) is 0.921.